The summed E-state index contributed by atoms with van der Waals surface area (Å²) in [6, 6.07) is 3.25. The SMILES string of the molecule is Nc1cc(C=CCO)cc(C(F)(F)F)c1. The Balaban J connectivity index is 3.11. The zero-order chi connectivity index (χ0) is 11.5. The topological polar surface area (TPSA) is 46.2 Å². The molecular weight excluding hydrogens is 207 g/mol. The van der Waals surface area contributed by atoms with Gasteiger partial charge in [0.2, 0.25) is 0 Å². The molecule has 3 N–H and O–H groups in total. The molecule has 0 aliphatic carbocycles. The number of alkyl halides is 3. The molecule has 0 aliphatic heterocycles. The van der Waals surface area contributed by atoms with Gasteiger partial charge in [-0.3, -0.25) is 0 Å². The van der Waals surface area contributed by atoms with E-state index in [1.54, 1.807) is 0 Å². The lowest BCUT2D eigenvalue weighted by molar-refractivity contribution is -0.137. The highest BCUT2D eigenvalue weighted by molar-refractivity contribution is 5.58. The fraction of sp³-hybridized carbons (Fsp3) is 0.200. The minimum absolute atomic E-state index is 0.0439. The van der Waals surface area contributed by atoms with Crippen molar-refractivity contribution in [1.82, 2.24) is 0 Å². The van der Waals surface area contributed by atoms with E-state index in [2.05, 4.69) is 0 Å². The molecule has 0 aliphatic rings. The van der Waals surface area contributed by atoms with Crippen molar-refractivity contribution in [1.29, 1.82) is 0 Å². The first-order chi connectivity index (χ1) is 6.93. The van der Waals surface area contributed by atoms with Gasteiger partial charge in [0.05, 0.1) is 12.2 Å². The molecule has 1 aromatic carbocycles. The van der Waals surface area contributed by atoms with Crippen LogP contribution in [-0.2, 0) is 6.18 Å². The summed E-state index contributed by atoms with van der Waals surface area (Å²) in [5.41, 5.74) is 4.90. The molecular formula is C10H10F3NO. The van der Waals surface area contributed by atoms with Crippen molar-refractivity contribution in [3.63, 3.8) is 0 Å². The maximum absolute atomic E-state index is 12.3. The van der Waals surface area contributed by atoms with Crippen LogP contribution in [0.5, 0.6) is 0 Å². The van der Waals surface area contributed by atoms with Crippen molar-refractivity contribution in [3.05, 3.63) is 35.4 Å². The molecule has 15 heavy (non-hydrogen) atoms. The lowest BCUT2D eigenvalue weighted by atomic mass is 10.1. The van der Waals surface area contributed by atoms with E-state index in [0.717, 1.165) is 12.1 Å². The van der Waals surface area contributed by atoms with Crippen LogP contribution in [0.2, 0.25) is 0 Å². The Hall–Kier alpha value is -1.49. The van der Waals surface area contributed by atoms with E-state index in [1.807, 2.05) is 0 Å². The van der Waals surface area contributed by atoms with Crippen LogP contribution in [-0.4, -0.2) is 11.7 Å². The third-order valence-electron chi connectivity index (χ3n) is 1.72. The molecule has 2 nitrogen and oxygen atoms in total. The van der Waals surface area contributed by atoms with E-state index in [1.165, 1.54) is 18.2 Å². The van der Waals surface area contributed by atoms with Crippen LogP contribution < -0.4 is 5.73 Å². The second-order valence-corrected chi connectivity index (χ2v) is 2.97. The lowest BCUT2D eigenvalue weighted by Crippen LogP contribution is -2.06. The van der Waals surface area contributed by atoms with Crippen molar-refractivity contribution in [3.8, 4) is 0 Å². The number of benzene rings is 1. The first-order valence-corrected chi connectivity index (χ1v) is 4.18. The minimum Gasteiger partial charge on any atom is -0.399 e. The zero-order valence-corrected chi connectivity index (χ0v) is 7.75. The molecule has 1 aromatic rings. The second-order valence-electron chi connectivity index (χ2n) is 2.97. The van der Waals surface area contributed by atoms with Crippen molar-refractivity contribution >= 4 is 11.8 Å². The van der Waals surface area contributed by atoms with Crippen LogP contribution in [0.3, 0.4) is 0 Å². The molecule has 0 bridgehead atoms. The van der Waals surface area contributed by atoms with Gasteiger partial charge in [-0.15, -0.1) is 0 Å². The fourth-order valence-corrected chi connectivity index (χ4v) is 1.13. The predicted molar refractivity (Wildman–Crippen MR) is 52.0 cm³/mol. The third-order valence-corrected chi connectivity index (χ3v) is 1.72. The standard InChI is InChI=1S/C10H10F3NO/c11-10(12,13)8-4-7(2-1-3-15)5-9(14)6-8/h1-2,4-6,15H,3,14H2. The molecule has 0 saturated heterocycles. The fourth-order valence-electron chi connectivity index (χ4n) is 1.13. The van der Waals surface area contributed by atoms with Crippen LogP contribution in [0, 0.1) is 0 Å². The molecule has 5 heteroatoms. The zero-order valence-electron chi connectivity index (χ0n) is 7.75. The molecule has 0 spiro atoms. The van der Waals surface area contributed by atoms with E-state index < -0.39 is 11.7 Å². The molecule has 0 heterocycles. The second kappa shape index (κ2) is 4.35. The summed E-state index contributed by atoms with van der Waals surface area (Å²) >= 11 is 0. The van der Waals surface area contributed by atoms with Crippen LogP contribution >= 0.6 is 0 Å². The molecule has 0 aromatic heterocycles. The summed E-state index contributed by atoms with van der Waals surface area (Å²) in [7, 11) is 0. The van der Waals surface area contributed by atoms with Gasteiger partial charge in [0, 0.05) is 5.69 Å². The van der Waals surface area contributed by atoms with Gasteiger partial charge in [0.15, 0.2) is 0 Å². The quantitative estimate of drug-likeness (QED) is 0.746. The van der Waals surface area contributed by atoms with Gasteiger partial charge in [-0.25, -0.2) is 0 Å². The van der Waals surface area contributed by atoms with Gasteiger partial charge in [-0.1, -0.05) is 12.2 Å². The van der Waals surface area contributed by atoms with Gasteiger partial charge in [-0.2, -0.15) is 13.2 Å². The smallest absolute Gasteiger partial charge is 0.399 e. The van der Waals surface area contributed by atoms with Gasteiger partial charge in [0.25, 0.3) is 0 Å². The third kappa shape index (κ3) is 3.28. The summed E-state index contributed by atoms with van der Waals surface area (Å²) < 4.78 is 37.0. The highest BCUT2D eigenvalue weighted by Crippen LogP contribution is 2.31. The number of hydrogen-bond donors (Lipinski definition) is 2. The van der Waals surface area contributed by atoms with Crippen molar-refractivity contribution in [2.24, 2.45) is 0 Å². The van der Waals surface area contributed by atoms with Gasteiger partial charge >= 0.3 is 6.18 Å². The highest BCUT2D eigenvalue weighted by atomic mass is 19.4. The van der Waals surface area contributed by atoms with Crippen LogP contribution in [0.1, 0.15) is 11.1 Å². The van der Waals surface area contributed by atoms with E-state index in [0.29, 0.717) is 5.56 Å². The first kappa shape index (κ1) is 11.6. The maximum atomic E-state index is 12.3. The molecule has 0 atom stereocenters. The Morgan fingerprint density at radius 2 is 1.93 bits per heavy atom. The number of nitrogens with two attached hydrogens (primary N) is 1. The van der Waals surface area contributed by atoms with Crippen molar-refractivity contribution < 1.29 is 18.3 Å². The number of anilines is 1. The van der Waals surface area contributed by atoms with Gasteiger partial charge in [0.1, 0.15) is 0 Å². The van der Waals surface area contributed by atoms with Crippen LogP contribution in [0.15, 0.2) is 24.3 Å². The van der Waals surface area contributed by atoms with Crippen molar-refractivity contribution in [2.45, 2.75) is 6.18 Å². The van der Waals surface area contributed by atoms with E-state index in [-0.39, 0.29) is 12.3 Å². The van der Waals surface area contributed by atoms with E-state index in [4.69, 9.17) is 10.8 Å². The Morgan fingerprint density at radius 3 is 2.47 bits per heavy atom. The number of aliphatic hydroxyl groups is 1. The van der Waals surface area contributed by atoms with Crippen molar-refractivity contribution in [2.75, 3.05) is 12.3 Å². The molecule has 1 rings (SSSR count). The number of nitrogen functional groups attached to an aromatic ring is 1. The van der Waals surface area contributed by atoms with Gasteiger partial charge in [-0.05, 0) is 23.8 Å². The monoisotopic (exact) mass is 217 g/mol. The molecule has 0 unspecified atom stereocenters. The lowest BCUT2D eigenvalue weighted by Gasteiger charge is -2.08. The van der Waals surface area contributed by atoms with Crippen LogP contribution in [0.25, 0.3) is 6.08 Å². The number of hydrogen-bond acceptors (Lipinski definition) is 2. The Labute approximate surface area is 84.8 Å². The average molecular weight is 217 g/mol. The summed E-state index contributed by atoms with van der Waals surface area (Å²) in [6.45, 7) is -0.226. The summed E-state index contributed by atoms with van der Waals surface area (Å²) in [6.07, 6.45) is -1.68. The normalized spacial score (nSPS) is 12.3. The molecule has 0 radical (unpaired) electrons. The number of rotatable bonds is 2. The summed E-state index contributed by atoms with van der Waals surface area (Å²) in [5, 5.41) is 8.49. The summed E-state index contributed by atoms with van der Waals surface area (Å²) in [4.78, 5) is 0. The summed E-state index contributed by atoms with van der Waals surface area (Å²) in [5.74, 6) is 0. The molecule has 0 saturated carbocycles. The molecule has 0 fully saturated rings. The van der Waals surface area contributed by atoms with Crippen LogP contribution in [0.4, 0.5) is 18.9 Å². The number of halogens is 3. The van der Waals surface area contributed by atoms with Gasteiger partial charge < -0.3 is 10.8 Å². The number of aliphatic hydroxyl groups excluding tert-OH is 1. The Morgan fingerprint density at radius 1 is 1.27 bits per heavy atom. The Kier molecular flexibility index (Phi) is 3.36. The maximum Gasteiger partial charge on any atom is 0.416 e. The Bertz CT molecular complexity index is 371. The largest absolute Gasteiger partial charge is 0.416 e. The average Bonchev–Trinajstić information content (AvgIpc) is 2.12. The highest BCUT2D eigenvalue weighted by Gasteiger charge is 2.30. The first-order valence-electron chi connectivity index (χ1n) is 4.18. The predicted octanol–water partition coefficient (Wildman–Crippen LogP) is 2.29. The minimum atomic E-state index is -4.41. The molecule has 82 valence electrons. The molecule has 0 amide bonds. The van der Waals surface area contributed by atoms with E-state index >= 15 is 0 Å². The van der Waals surface area contributed by atoms with E-state index in [9.17, 15) is 13.2 Å².